The first-order chi connectivity index (χ1) is 9.61. The number of nitrogens with zero attached hydrogens (tertiary/aromatic N) is 1. The van der Waals surface area contributed by atoms with Crippen molar-refractivity contribution in [2.24, 2.45) is 0 Å². The minimum absolute atomic E-state index is 0.167. The van der Waals surface area contributed by atoms with Gasteiger partial charge in [-0.15, -0.1) is 0 Å². The number of ether oxygens (including phenoxy) is 2. The first kappa shape index (κ1) is 13.2. The largest absolute Gasteiger partial charge is 0.506 e. The van der Waals surface area contributed by atoms with Crippen molar-refractivity contribution in [1.82, 2.24) is 4.98 Å². The van der Waals surface area contributed by atoms with Crippen molar-refractivity contribution in [3.8, 4) is 11.5 Å². The van der Waals surface area contributed by atoms with E-state index in [0.29, 0.717) is 17.5 Å². The van der Waals surface area contributed by atoms with Crippen LogP contribution in [0.25, 0.3) is 0 Å². The van der Waals surface area contributed by atoms with E-state index in [9.17, 15) is 5.11 Å². The lowest BCUT2D eigenvalue weighted by Crippen LogP contribution is -2.01. The number of aryl methyl sites for hydroxylation is 1. The summed E-state index contributed by atoms with van der Waals surface area (Å²) in [5.41, 5.74) is 2.95. The third-order valence-corrected chi connectivity index (χ3v) is 3.80. The van der Waals surface area contributed by atoms with Gasteiger partial charge >= 0.3 is 0 Å². The summed E-state index contributed by atoms with van der Waals surface area (Å²) in [7, 11) is 1.62. The molecule has 0 bridgehead atoms. The van der Waals surface area contributed by atoms with Gasteiger partial charge in [-0.25, -0.2) is 4.98 Å². The van der Waals surface area contributed by atoms with Crippen LogP contribution in [0.5, 0.6) is 11.5 Å². The van der Waals surface area contributed by atoms with Gasteiger partial charge in [0.2, 0.25) is 0 Å². The molecule has 0 aliphatic carbocycles. The standard InChI is InChI=1S/C15H14ClNO3/c1-8-13(18)11-7-20-14(12(11)15(16)17-8)9-3-5-10(19-2)6-4-9/h3-6,14,18H,7H2,1-2H3. The van der Waals surface area contributed by atoms with Crippen molar-refractivity contribution in [2.75, 3.05) is 7.11 Å². The number of pyridine rings is 1. The number of benzene rings is 1. The van der Waals surface area contributed by atoms with Crippen LogP contribution in [0.15, 0.2) is 24.3 Å². The number of aromatic hydroxyl groups is 1. The molecule has 1 unspecified atom stereocenters. The Bertz CT molecular complexity index is 655. The number of hydrogen-bond donors (Lipinski definition) is 1. The molecule has 20 heavy (non-hydrogen) atoms. The second kappa shape index (κ2) is 4.96. The first-order valence-electron chi connectivity index (χ1n) is 6.25. The molecule has 0 amide bonds. The number of fused-ring (bicyclic) bond motifs is 1. The third kappa shape index (κ3) is 2.01. The van der Waals surface area contributed by atoms with Crippen LogP contribution < -0.4 is 4.74 Å². The van der Waals surface area contributed by atoms with Gasteiger partial charge < -0.3 is 14.6 Å². The Balaban J connectivity index is 2.06. The molecule has 5 heteroatoms. The normalized spacial score (nSPS) is 17.1. The fourth-order valence-electron chi connectivity index (χ4n) is 2.43. The minimum Gasteiger partial charge on any atom is -0.506 e. The Labute approximate surface area is 121 Å². The van der Waals surface area contributed by atoms with Crippen LogP contribution in [0.4, 0.5) is 0 Å². The minimum atomic E-state index is -0.303. The highest BCUT2D eigenvalue weighted by molar-refractivity contribution is 6.30. The SMILES string of the molecule is COc1ccc(C2OCc3c(O)c(C)nc(Cl)c32)cc1. The zero-order valence-electron chi connectivity index (χ0n) is 11.2. The van der Waals surface area contributed by atoms with Crippen LogP contribution in [0.2, 0.25) is 5.15 Å². The first-order valence-corrected chi connectivity index (χ1v) is 6.63. The molecular formula is C15H14ClNO3. The summed E-state index contributed by atoms with van der Waals surface area (Å²) in [5.74, 6) is 0.948. The molecule has 0 radical (unpaired) electrons. The molecular weight excluding hydrogens is 278 g/mol. The molecule has 0 saturated heterocycles. The Kier molecular flexibility index (Phi) is 3.28. The number of hydrogen-bond acceptors (Lipinski definition) is 4. The molecule has 4 nitrogen and oxygen atoms in total. The van der Waals surface area contributed by atoms with Crippen molar-refractivity contribution < 1.29 is 14.6 Å². The highest BCUT2D eigenvalue weighted by Gasteiger charge is 2.31. The van der Waals surface area contributed by atoms with E-state index >= 15 is 0 Å². The van der Waals surface area contributed by atoms with Crippen LogP contribution >= 0.6 is 11.6 Å². The Morgan fingerprint density at radius 3 is 2.70 bits per heavy atom. The van der Waals surface area contributed by atoms with Gasteiger partial charge in [0.1, 0.15) is 22.8 Å². The van der Waals surface area contributed by atoms with E-state index in [4.69, 9.17) is 21.1 Å². The van der Waals surface area contributed by atoms with Gasteiger partial charge in [-0.3, -0.25) is 0 Å². The van der Waals surface area contributed by atoms with Crippen LogP contribution in [0.3, 0.4) is 0 Å². The molecule has 0 saturated carbocycles. The van der Waals surface area contributed by atoms with Crippen molar-refractivity contribution in [3.63, 3.8) is 0 Å². The van der Waals surface area contributed by atoms with E-state index in [2.05, 4.69) is 4.98 Å². The molecule has 0 fully saturated rings. The molecule has 1 aliphatic rings. The van der Waals surface area contributed by atoms with Gasteiger partial charge in [0.15, 0.2) is 0 Å². The average molecular weight is 292 g/mol. The van der Waals surface area contributed by atoms with Crippen LogP contribution in [0.1, 0.15) is 28.5 Å². The number of halogens is 1. The topological polar surface area (TPSA) is 51.6 Å². The lowest BCUT2D eigenvalue weighted by atomic mass is 10.00. The summed E-state index contributed by atoms with van der Waals surface area (Å²) in [6, 6.07) is 7.58. The molecule has 1 N–H and O–H groups in total. The summed E-state index contributed by atoms with van der Waals surface area (Å²) in [4.78, 5) is 4.16. The lowest BCUT2D eigenvalue weighted by Gasteiger charge is -2.13. The summed E-state index contributed by atoms with van der Waals surface area (Å²) in [5, 5.41) is 10.5. The molecule has 1 aromatic heterocycles. The maximum Gasteiger partial charge on any atom is 0.142 e. The molecule has 1 atom stereocenters. The number of rotatable bonds is 2. The van der Waals surface area contributed by atoms with Crippen molar-refractivity contribution >= 4 is 11.6 Å². The van der Waals surface area contributed by atoms with Crippen molar-refractivity contribution in [1.29, 1.82) is 0 Å². The van der Waals surface area contributed by atoms with Crippen LogP contribution in [0, 0.1) is 6.92 Å². The van der Waals surface area contributed by atoms with E-state index in [1.54, 1.807) is 14.0 Å². The van der Waals surface area contributed by atoms with E-state index < -0.39 is 0 Å². The summed E-state index contributed by atoms with van der Waals surface area (Å²) >= 11 is 6.22. The quantitative estimate of drug-likeness (QED) is 0.862. The van der Waals surface area contributed by atoms with E-state index in [-0.39, 0.29) is 11.9 Å². The summed E-state index contributed by atoms with van der Waals surface area (Å²) in [6.45, 7) is 2.06. The van der Waals surface area contributed by atoms with Gasteiger partial charge in [-0.05, 0) is 24.6 Å². The molecule has 3 rings (SSSR count). The van der Waals surface area contributed by atoms with Gasteiger partial charge in [0, 0.05) is 11.1 Å². The predicted molar refractivity (Wildman–Crippen MR) is 75.3 cm³/mol. The Hall–Kier alpha value is -1.78. The molecule has 2 heterocycles. The van der Waals surface area contributed by atoms with Gasteiger partial charge in [0.05, 0.1) is 19.4 Å². The molecule has 1 aliphatic heterocycles. The van der Waals surface area contributed by atoms with Gasteiger partial charge in [-0.1, -0.05) is 23.7 Å². The van der Waals surface area contributed by atoms with Gasteiger partial charge in [0.25, 0.3) is 0 Å². The summed E-state index contributed by atoms with van der Waals surface area (Å²) < 4.78 is 10.9. The fraction of sp³-hybridized carbons (Fsp3) is 0.267. The lowest BCUT2D eigenvalue weighted by molar-refractivity contribution is 0.0932. The summed E-state index contributed by atoms with van der Waals surface area (Å²) in [6.07, 6.45) is -0.303. The molecule has 1 aromatic carbocycles. The number of aromatic nitrogens is 1. The maximum absolute atomic E-state index is 10.1. The monoisotopic (exact) mass is 291 g/mol. The average Bonchev–Trinajstić information content (AvgIpc) is 2.90. The van der Waals surface area contributed by atoms with E-state index in [1.165, 1.54) is 0 Å². The molecule has 2 aromatic rings. The highest BCUT2D eigenvalue weighted by atomic mass is 35.5. The molecule has 0 spiro atoms. The second-order valence-corrected chi connectivity index (χ2v) is 5.05. The zero-order chi connectivity index (χ0) is 14.3. The van der Waals surface area contributed by atoms with E-state index in [1.807, 2.05) is 24.3 Å². The predicted octanol–water partition coefficient (Wildman–Crippen LogP) is 3.38. The van der Waals surface area contributed by atoms with Crippen molar-refractivity contribution in [3.05, 3.63) is 51.8 Å². The Morgan fingerprint density at radius 1 is 1.35 bits per heavy atom. The fourth-order valence-corrected chi connectivity index (χ4v) is 2.77. The number of methoxy groups -OCH3 is 1. The maximum atomic E-state index is 10.1. The zero-order valence-corrected chi connectivity index (χ0v) is 11.9. The van der Waals surface area contributed by atoms with Crippen molar-refractivity contribution in [2.45, 2.75) is 19.6 Å². The molecule has 104 valence electrons. The highest BCUT2D eigenvalue weighted by Crippen LogP contribution is 2.43. The van der Waals surface area contributed by atoms with E-state index in [0.717, 1.165) is 22.4 Å². The van der Waals surface area contributed by atoms with Crippen LogP contribution in [-0.4, -0.2) is 17.2 Å². The smallest absolute Gasteiger partial charge is 0.142 e. The van der Waals surface area contributed by atoms with Crippen LogP contribution in [-0.2, 0) is 11.3 Å². The Morgan fingerprint density at radius 2 is 2.05 bits per heavy atom. The van der Waals surface area contributed by atoms with Gasteiger partial charge in [-0.2, -0.15) is 0 Å². The third-order valence-electron chi connectivity index (χ3n) is 3.52. The second-order valence-electron chi connectivity index (χ2n) is 4.69.